The van der Waals surface area contributed by atoms with Gasteiger partial charge in [0.05, 0.1) is 9.95 Å². The fourth-order valence-electron chi connectivity index (χ4n) is 3.24. The third-order valence-electron chi connectivity index (χ3n) is 4.34. The number of halogens is 1. The molecule has 20 heavy (non-hydrogen) atoms. The van der Waals surface area contributed by atoms with Gasteiger partial charge in [0.15, 0.2) is 0 Å². The molecule has 1 saturated carbocycles. The van der Waals surface area contributed by atoms with Gasteiger partial charge in [0.2, 0.25) is 0 Å². The molecule has 0 radical (unpaired) electrons. The Morgan fingerprint density at radius 2 is 2.15 bits per heavy atom. The zero-order valence-corrected chi connectivity index (χ0v) is 12.5. The quantitative estimate of drug-likeness (QED) is 0.638. The van der Waals surface area contributed by atoms with Crippen molar-refractivity contribution in [2.75, 3.05) is 7.05 Å². The lowest BCUT2D eigenvalue weighted by atomic mass is 9.92. The van der Waals surface area contributed by atoms with Crippen LogP contribution in [0, 0.1) is 16.0 Å². The molecule has 5 heteroatoms. The number of hydrogen-bond acceptors (Lipinski definition) is 3. The van der Waals surface area contributed by atoms with Crippen molar-refractivity contribution in [3.05, 3.63) is 38.9 Å². The summed E-state index contributed by atoms with van der Waals surface area (Å²) in [6.45, 7) is 0. The number of nitrogens with zero attached hydrogens (tertiary/aromatic N) is 1. The average molecular weight is 297 g/mol. The summed E-state index contributed by atoms with van der Waals surface area (Å²) in [6.07, 6.45) is 6.67. The predicted octanol–water partition coefficient (Wildman–Crippen LogP) is 3.96. The largest absolute Gasteiger partial charge is 0.317 e. The molecule has 1 aliphatic rings. The van der Waals surface area contributed by atoms with E-state index in [0.29, 0.717) is 29.0 Å². The predicted molar refractivity (Wildman–Crippen MR) is 81.2 cm³/mol. The van der Waals surface area contributed by atoms with Crippen molar-refractivity contribution in [2.24, 2.45) is 5.92 Å². The molecule has 2 rings (SSSR count). The Bertz CT molecular complexity index is 473. The van der Waals surface area contributed by atoms with Crippen molar-refractivity contribution in [1.29, 1.82) is 0 Å². The minimum Gasteiger partial charge on any atom is -0.317 e. The van der Waals surface area contributed by atoms with E-state index < -0.39 is 0 Å². The van der Waals surface area contributed by atoms with Crippen LogP contribution in [-0.2, 0) is 6.42 Å². The molecular weight excluding hydrogens is 276 g/mol. The third kappa shape index (κ3) is 3.49. The zero-order chi connectivity index (χ0) is 14.5. The lowest BCUT2D eigenvalue weighted by Crippen LogP contribution is -2.32. The Morgan fingerprint density at radius 3 is 2.75 bits per heavy atom. The van der Waals surface area contributed by atoms with Gasteiger partial charge in [-0.05, 0) is 44.7 Å². The van der Waals surface area contributed by atoms with Crippen LogP contribution in [0.15, 0.2) is 18.2 Å². The summed E-state index contributed by atoms with van der Waals surface area (Å²) in [7, 11) is 1.98. The molecular formula is C15H21ClN2O2. The molecule has 0 bridgehead atoms. The molecule has 1 N–H and O–H groups in total. The maximum atomic E-state index is 11.1. The summed E-state index contributed by atoms with van der Waals surface area (Å²) in [5.41, 5.74) is 0.802. The van der Waals surface area contributed by atoms with Gasteiger partial charge in [-0.25, -0.2) is 0 Å². The molecule has 1 atom stereocenters. The number of nitrogens with one attached hydrogen (secondary N) is 1. The van der Waals surface area contributed by atoms with Crippen LogP contribution in [0.5, 0.6) is 0 Å². The van der Waals surface area contributed by atoms with Gasteiger partial charge >= 0.3 is 0 Å². The van der Waals surface area contributed by atoms with Crippen LogP contribution in [0.2, 0.25) is 5.02 Å². The summed E-state index contributed by atoms with van der Waals surface area (Å²) in [5, 5.41) is 14.9. The topological polar surface area (TPSA) is 55.2 Å². The van der Waals surface area contributed by atoms with Crippen molar-refractivity contribution in [2.45, 2.75) is 44.6 Å². The Morgan fingerprint density at radius 1 is 1.45 bits per heavy atom. The standard InChI is InChI=1S/C15H21ClN2O2/c1-17-14(11-5-2-3-6-11)10-9-12-13(16)7-4-8-15(12)18(19)20/h4,7-8,11,14,17H,2-3,5-6,9-10H2,1H3. The fourth-order valence-corrected chi connectivity index (χ4v) is 3.51. The van der Waals surface area contributed by atoms with Gasteiger partial charge in [-0.15, -0.1) is 0 Å². The van der Waals surface area contributed by atoms with Gasteiger partial charge in [0.25, 0.3) is 5.69 Å². The van der Waals surface area contributed by atoms with Crippen molar-refractivity contribution in [3.63, 3.8) is 0 Å². The van der Waals surface area contributed by atoms with Gasteiger partial charge in [0.1, 0.15) is 0 Å². The van der Waals surface area contributed by atoms with E-state index in [1.165, 1.54) is 31.7 Å². The van der Waals surface area contributed by atoms with Crippen LogP contribution in [-0.4, -0.2) is 18.0 Å². The van der Waals surface area contributed by atoms with E-state index in [2.05, 4.69) is 5.32 Å². The van der Waals surface area contributed by atoms with Crippen molar-refractivity contribution in [3.8, 4) is 0 Å². The lowest BCUT2D eigenvalue weighted by Gasteiger charge is -2.23. The number of rotatable bonds is 6. The highest BCUT2D eigenvalue weighted by Gasteiger charge is 2.25. The molecule has 0 amide bonds. The van der Waals surface area contributed by atoms with Crippen molar-refractivity contribution < 1.29 is 4.92 Å². The molecule has 1 unspecified atom stereocenters. The average Bonchev–Trinajstić information content (AvgIpc) is 2.94. The second-order valence-electron chi connectivity index (χ2n) is 5.47. The maximum Gasteiger partial charge on any atom is 0.274 e. The summed E-state index contributed by atoms with van der Waals surface area (Å²) in [6, 6.07) is 5.32. The minimum absolute atomic E-state index is 0.138. The van der Waals surface area contributed by atoms with Crippen LogP contribution in [0.25, 0.3) is 0 Å². The van der Waals surface area contributed by atoms with Gasteiger partial charge in [-0.3, -0.25) is 10.1 Å². The van der Waals surface area contributed by atoms with E-state index in [1.807, 2.05) is 7.05 Å². The van der Waals surface area contributed by atoms with Crippen LogP contribution in [0.4, 0.5) is 5.69 Å². The SMILES string of the molecule is CNC(CCc1c(Cl)cccc1[N+](=O)[O-])C1CCCC1. The number of hydrogen-bond donors (Lipinski definition) is 1. The Hall–Kier alpha value is -1.13. The number of nitro groups is 1. The Labute approximate surface area is 124 Å². The monoisotopic (exact) mass is 296 g/mol. The molecule has 1 aromatic carbocycles. The molecule has 0 heterocycles. The maximum absolute atomic E-state index is 11.1. The van der Waals surface area contributed by atoms with E-state index in [-0.39, 0.29) is 10.6 Å². The van der Waals surface area contributed by atoms with Gasteiger partial charge in [-0.2, -0.15) is 0 Å². The molecule has 0 aromatic heterocycles. The zero-order valence-electron chi connectivity index (χ0n) is 11.8. The first kappa shape index (κ1) is 15.3. The molecule has 1 aromatic rings. The molecule has 1 aliphatic carbocycles. The molecule has 0 saturated heterocycles. The Kier molecular flexibility index (Phi) is 5.38. The highest BCUT2D eigenvalue weighted by molar-refractivity contribution is 6.31. The third-order valence-corrected chi connectivity index (χ3v) is 4.69. The van der Waals surface area contributed by atoms with E-state index >= 15 is 0 Å². The van der Waals surface area contributed by atoms with Crippen LogP contribution < -0.4 is 5.32 Å². The second kappa shape index (κ2) is 7.04. The summed E-state index contributed by atoms with van der Waals surface area (Å²) >= 11 is 6.13. The first-order valence-corrected chi connectivity index (χ1v) is 7.60. The number of benzene rings is 1. The van der Waals surface area contributed by atoms with E-state index in [4.69, 9.17) is 11.6 Å². The van der Waals surface area contributed by atoms with Gasteiger partial charge in [-0.1, -0.05) is 30.5 Å². The summed E-state index contributed by atoms with van der Waals surface area (Å²) < 4.78 is 0. The summed E-state index contributed by atoms with van der Waals surface area (Å²) in [5.74, 6) is 0.696. The normalized spacial score (nSPS) is 17.3. The van der Waals surface area contributed by atoms with Crippen LogP contribution >= 0.6 is 11.6 Å². The smallest absolute Gasteiger partial charge is 0.274 e. The highest BCUT2D eigenvalue weighted by atomic mass is 35.5. The Balaban J connectivity index is 2.07. The van der Waals surface area contributed by atoms with Crippen LogP contribution in [0.3, 0.4) is 0 Å². The fraction of sp³-hybridized carbons (Fsp3) is 0.600. The van der Waals surface area contributed by atoms with E-state index in [0.717, 1.165) is 6.42 Å². The minimum atomic E-state index is -0.342. The molecule has 4 nitrogen and oxygen atoms in total. The molecule has 0 spiro atoms. The first-order chi connectivity index (χ1) is 9.63. The molecule has 1 fully saturated rings. The molecule has 110 valence electrons. The van der Waals surface area contributed by atoms with Crippen LogP contribution in [0.1, 0.15) is 37.7 Å². The molecule has 0 aliphatic heterocycles. The van der Waals surface area contributed by atoms with Gasteiger partial charge in [0, 0.05) is 17.7 Å². The highest BCUT2D eigenvalue weighted by Crippen LogP contribution is 2.32. The first-order valence-electron chi connectivity index (χ1n) is 7.22. The second-order valence-corrected chi connectivity index (χ2v) is 5.88. The van der Waals surface area contributed by atoms with E-state index in [9.17, 15) is 10.1 Å². The number of nitro benzene ring substituents is 1. The van der Waals surface area contributed by atoms with Crippen molar-refractivity contribution >= 4 is 17.3 Å². The van der Waals surface area contributed by atoms with Crippen molar-refractivity contribution in [1.82, 2.24) is 5.32 Å². The lowest BCUT2D eigenvalue weighted by molar-refractivity contribution is -0.385. The van der Waals surface area contributed by atoms with E-state index in [1.54, 1.807) is 12.1 Å². The van der Waals surface area contributed by atoms with Gasteiger partial charge < -0.3 is 5.32 Å². The summed E-state index contributed by atoms with van der Waals surface area (Å²) in [4.78, 5) is 10.7.